The van der Waals surface area contributed by atoms with Crippen LogP contribution >= 0.6 is 0 Å². The molecule has 6 heteroatoms. The Morgan fingerprint density at radius 1 is 1.38 bits per heavy atom. The second-order valence-electron chi connectivity index (χ2n) is 3.46. The smallest absolute Gasteiger partial charge is 0.389 e. The summed E-state index contributed by atoms with van der Waals surface area (Å²) < 4.78 is 36.9. The number of carboxylic acids is 1. The Hall–Kier alpha value is -1.46. The number of aromatic nitrogens is 1. The molecular formula is C10H12F3NO2. The lowest BCUT2D eigenvalue weighted by atomic mass is 10.2. The monoisotopic (exact) mass is 235 g/mol. The summed E-state index contributed by atoms with van der Waals surface area (Å²) in [4.78, 5) is 10.7. The van der Waals surface area contributed by atoms with E-state index in [1.165, 1.54) is 10.6 Å². The van der Waals surface area contributed by atoms with E-state index in [0.717, 1.165) is 0 Å². The third-order valence-electron chi connectivity index (χ3n) is 2.16. The van der Waals surface area contributed by atoms with Gasteiger partial charge in [0.05, 0.1) is 0 Å². The normalized spacial score (nSPS) is 11.7. The fourth-order valence-electron chi connectivity index (χ4n) is 1.41. The summed E-state index contributed by atoms with van der Waals surface area (Å²) >= 11 is 0. The Balaban J connectivity index is 2.38. The van der Waals surface area contributed by atoms with Crippen molar-refractivity contribution in [1.29, 1.82) is 0 Å². The van der Waals surface area contributed by atoms with E-state index in [1.54, 1.807) is 12.3 Å². The van der Waals surface area contributed by atoms with Gasteiger partial charge in [-0.2, -0.15) is 13.2 Å². The molecule has 0 aromatic carbocycles. The highest BCUT2D eigenvalue weighted by atomic mass is 19.4. The quantitative estimate of drug-likeness (QED) is 0.797. The highest BCUT2D eigenvalue weighted by Gasteiger charge is 2.25. The van der Waals surface area contributed by atoms with Gasteiger partial charge in [-0.25, -0.2) is 4.79 Å². The molecule has 0 spiro atoms. The summed E-state index contributed by atoms with van der Waals surface area (Å²) in [7, 11) is 0. The lowest BCUT2D eigenvalue weighted by Gasteiger charge is -2.07. The van der Waals surface area contributed by atoms with Crippen molar-refractivity contribution >= 4 is 5.97 Å². The molecular weight excluding hydrogens is 223 g/mol. The largest absolute Gasteiger partial charge is 0.477 e. The molecule has 1 aromatic heterocycles. The first-order chi connectivity index (χ1) is 7.40. The molecule has 0 atom stereocenters. The van der Waals surface area contributed by atoms with Gasteiger partial charge in [0.25, 0.3) is 0 Å². The van der Waals surface area contributed by atoms with Gasteiger partial charge in [0.15, 0.2) is 0 Å². The first kappa shape index (κ1) is 12.6. The van der Waals surface area contributed by atoms with Crippen LogP contribution in [0.4, 0.5) is 13.2 Å². The molecule has 0 fully saturated rings. The number of rotatable bonds is 5. The third kappa shape index (κ3) is 3.96. The van der Waals surface area contributed by atoms with Crippen LogP contribution in [0.5, 0.6) is 0 Å². The van der Waals surface area contributed by atoms with Crippen LogP contribution in [-0.2, 0) is 6.54 Å². The van der Waals surface area contributed by atoms with E-state index in [4.69, 9.17) is 5.11 Å². The molecule has 1 rings (SSSR count). The van der Waals surface area contributed by atoms with Gasteiger partial charge < -0.3 is 9.67 Å². The SMILES string of the molecule is O=C(O)c1cccn1CCCCC(F)(F)F. The van der Waals surface area contributed by atoms with Crippen LogP contribution in [0.3, 0.4) is 0 Å². The fourth-order valence-corrected chi connectivity index (χ4v) is 1.41. The van der Waals surface area contributed by atoms with Crippen LogP contribution in [0.2, 0.25) is 0 Å². The Morgan fingerprint density at radius 3 is 2.62 bits per heavy atom. The van der Waals surface area contributed by atoms with Gasteiger partial charge in [-0.1, -0.05) is 0 Å². The van der Waals surface area contributed by atoms with Crippen LogP contribution in [0.1, 0.15) is 29.8 Å². The minimum absolute atomic E-state index is 0.0146. The molecule has 90 valence electrons. The van der Waals surface area contributed by atoms with Gasteiger partial charge in [0.1, 0.15) is 5.69 Å². The number of aryl methyl sites for hydroxylation is 1. The van der Waals surface area contributed by atoms with Crippen molar-refractivity contribution in [3.05, 3.63) is 24.0 Å². The van der Waals surface area contributed by atoms with Crippen LogP contribution in [0.15, 0.2) is 18.3 Å². The highest BCUT2D eigenvalue weighted by molar-refractivity contribution is 5.85. The minimum Gasteiger partial charge on any atom is -0.477 e. The lowest BCUT2D eigenvalue weighted by Crippen LogP contribution is -2.10. The molecule has 3 nitrogen and oxygen atoms in total. The van der Waals surface area contributed by atoms with Crippen molar-refractivity contribution in [3.8, 4) is 0 Å². The average Bonchev–Trinajstić information content (AvgIpc) is 2.58. The van der Waals surface area contributed by atoms with Crippen LogP contribution < -0.4 is 0 Å². The number of carbonyl (C=O) groups is 1. The highest BCUT2D eigenvalue weighted by Crippen LogP contribution is 2.22. The second kappa shape index (κ2) is 5.05. The van der Waals surface area contributed by atoms with Crippen LogP contribution in [-0.4, -0.2) is 21.8 Å². The molecule has 1 N–H and O–H groups in total. The summed E-state index contributed by atoms with van der Waals surface area (Å²) in [6.45, 7) is 0.296. The third-order valence-corrected chi connectivity index (χ3v) is 2.16. The predicted octanol–water partition coefficient (Wildman–Crippen LogP) is 2.92. The Labute approximate surface area is 90.5 Å². The maximum atomic E-state index is 11.8. The first-order valence-corrected chi connectivity index (χ1v) is 4.85. The molecule has 0 radical (unpaired) electrons. The van der Waals surface area contributed by atoms with Gasteiger partial charge in [-0.05, 0) is 25.0 Å². The molecule has 16 heavy (non-hydrogen) atoms. The summed E-state index contributed by atoms with van der Waals surface area (Å²) in [5.41, 5.74) is 0.104. The predicted molar refractivity (Wildman–Crippen MR) is 51.3 cm³/mol. The zero-order valence-electron chi connectivity index (χ0n) is 8.50. The summed E-state index contributed by atoms with van der Waals surface area (Å²) in [5, 5.41) is 8.74. The number of aromatic carboxylic acids is 1. The number of halogens is 3. The number of alkyl halides is 3. The fraction of sp³-hybridized carbons (Fsp3) is 0.500. The molecule has 0 aliphatic carbocycles. The molecule has 0 saturated heterocycles. The molecule has 0 unspecified atom stereocenters. The lowest BCUT2D eigenvalue weighted by molar-refractivity contribution is -0.135. The zero-order chi connectivity index (χ0) is 12.2. The Kier molecular flexibility index (Phi) is 3.98. The summed E-state index contributed by atoms with van der Waals surface area (Å²) in [6, 6.07) is 2.99. The number of hydrogen-bond acceptors (Lipinski definition) is 1. The van der Waals surface area contributed by atoms with Gasteiger partial charge in [-0.15, -0.1) is 0 Å². The standard InChI is InChI=1S/C10H12F3NO2/c11-10(12,13)5-1-2-6-14-7-3-4-8(14)9(15)16/h3-4,7H,1-2,5-6H2,(H,15,16). The molecule has 0 bridgehead atoms. The number of unbranched alkanes of at least 4 members (excludes halogenated alkanes) is 1. The summed E-state index contributed by atoms with van der Waals surface area (Å²) in [6.07, 6.45) is -3.07. The Bertz CT molecular complexity index is 357. The van der Waals surface area contributed by atoms with E-state index in [-0.39, 0.29) is 12.1 Å². The topological polar surface area (TPSA) is 42.2 Å². The second-order valence-corrected chi connectivity index (χ2v) is 3.46. The van der Waals surface area contributed by atoms with Crippen molar-refractivity contribution in [2.45, 2.75) is 32.0 Å². The summed E-state index contributed by atoms with van der Waals surface area (Å²) in [5.74, 6) is -1.07. The van der Waals surface area contributed by atoms with Crippen molar-refractivity contribution < 1.29 is 23.1 Å². The van der Waals surface area contributed by atoms with Crippen molar-refractivity contribution in [1.82, 2.24) is 4.57 Å². The number of hydrogen-bond donors (Lipinski definition) is 1. The van der Waals surface area contributed by atoms with Crippen LogP contribution in [0.25, 0.3) is 0 Å². The van der Waals surface area contributed by atoms with Gasteiger partial charge >= 0.3 is 12.1 Å². The zero-order valence-corrected chi connectivity index (χ0v) is 8.50. The molecule has 0 aliphatic rings. The number of carboxylic acid groups (broad SMARTS) is 1. The average molecular weight is 235 g/mol. The maximum absolute atomic E-state index is 11.8. The molecule has 0 amide bonds. The van der Waals surface area contributed by atoms with E-state index < -0.39 is 18.6 Å². The van der Waals surface area contributed by atoms with Crippen LogP contribution in [0, 0.1) is 0 Å². The van der Waals surface area contributed by atoms with E-state index in [1.807, 2.05) is 0 Å². The molecule has 1 aromatic rings. The van der Waals surface area contributed by atoms with E-state index in [0.29, 0.717) is 13.0 Å². The van der Waals surface area contributed by atoms with Gasteiger partial charge in [-0.3, -0.25) is 0 Å². The Morgan fingerprint density at radius 2 is 2.06 bits per heavy atom. The number of nitrogens with zero attached hydrogens (tertiary/aromatic N) is 1. The van der Waals surface area contributed by atoms with E-state index >= 15 is 0 Å². The molecule has 0 aliphatic heterocycles. The maximum Gasteiger partial charge on any atom is 0.389 e. The van der Waals surface area contributed by atoms with Crippen molar-refractivity contribution in [2.24, 2.45) is 0 Å². The molecule has 0 saturated carbocycles. The first-order valence-electron chi connectivity index (χ1n) is 4.85. The van der Waals surface area contributed by atoms with Crippen molar-refractivity contribution in [3.63, 3.8) is 0 Å². The minimum atomic E-state index is -4.13. The van der Waals surface area contributed by atoms with E-state index in [9.17, 15) is 18.0 Å². The van der Waals surface area contributed by atoms with E-state index in [2.05, 4.69) is 0 Å². The van der Waals surface area contributed by atoms with Gasteiger partial charge in [0.2, 0.25) is 0 Å². The van der Waals surface area contributed by atoms with Gasteiger partial charge in [0, 0.05) is 19.2 Å². The molecule has 1 heterocycles. The van der Waals surface area contributed by atoms with Crippen molar-refractivity contribution in [2.75, 3.05) is 0 Å².